The second kappa shape index (κ2) is 3.97. The second-order valence-electron chi connectivity index (χ2n) is 3.00. The van der Waals surface area contributed by atoms with E-state index in [1.807, 2.05) is 0 Å². The van der Waals surface area contributed by atoms with E-state index in [4.69, 9.17) is 32.3 Å². The average molecular weight is 309 g/mol. The zero-order chi connectivity index (χ0) is 12.8. The Bertz CT molecular complexity index is 560. The van der Waals surface area contributed by atoms with Crippen molar-refractivity contribution < 1.29 is 25.9 Å². The highest BCUT2D eigenvalue weighted by atomic mass is 35.5. The molecular weight excluding hydrogens is 303 g/mol. The largest absolute Gasteiger partial charge is 0.290 e. The third-order valence-corrected chi connectivity index (χ3v) is 5.65. The summed E-state index contributed by atoms with van der Waals surface area (Å²) in [6.45, 7) is 0. The van der Waals surface area contributed by atoms with Gasteiger partial charge in [0.15, 0.2) is 0 Å². The summed E-state index contributed by atoms with van der Waals surface area (Å²) in [6.07, 6.45) is 2.45. The van der Waals surface area contributed by atoms with Crippen LogP contribution in [0.2, 0.25) is 0 Å². The van der Waals surface area contributed by atoms with Gasteiger partial charge in [0.1, 0.15) is 5.25 Å². The number of rotatable bonds is 2. The van der Waals surface area contributed by atoms with E-state index >= 15 is 0 Å². The predicted molar refractivity (Wildman–Crippen MR) is 58.5 cm³/mol. The van der Waals surface area contributed by atoms with Gasteiger partial charge < -0.3 is 0 Å². The fraction of sp³-hybridized carbons (Fsp3) is 0.333. The molecule has 0 radical (unpaired) electrons. The average Bonchev–Trinajstić information content (AvgIpc) is 1.98. The second-order valence-corrected chi connectivity index (χ2v) is 7.45. The standard InChI is InChI=1S/C6H6Cl2O6S2/c7-4-1-2-5(15(9,10)11)6(8,3-4)16(12,13)14/h1-3,5H,(H,9,10,11)(H,12,13,14). The van der Waals surface area contributed by atoms with Crippen LogP contribution in [-0.2, 0) is 20.2 Å². The fourth-order valence-corrected chi connectivity index (χ4v) is 4.17. The van der Waals surface area contributed by atoms with Gasteiger partial charge in [0.2, 0.25) is 4.21 Å². The van der Waals surface area contributed by atoms with E-state index in [1.165, 1.54) is 0 Å². The molecule has 0 spiro atoms. The van der Waals surface area contributed by atoms with Crippen LogP contribution in [-0.4, -0.2) is 35.4 Å². The van der Waals surface area contributed by atoms with Crippen LogP contribution < -0.4 is 0 Å². The maximum Gasteiger partial charge on any atom is 0.290 e. The Kier molecular flexibility index (Phi) is 3.46. The van der Waals surface area contributed by atoms with Gasteiger partial charge in [0.05, 0.1) is 0 Å². The maximum atomic E-state index is 11.0. The first-order valence-electron chi connectivity index (χ1n) is 3.67. The summed E-state index contributed by atoms with van der Waals surface area (Å²) in [6, 6.07) is 0. The van der Waals surface area contributed by atoms with Crippen molar-refractivity contribution >= 4 is 43.4 Å². The van der Waals surface area contributed by atoms with Crippen LogP contribution in [0.5, 0.6) is 0 Å². The highest BCUT2D eigenvalue weighted by Crippen LogP contribution is 2.37. The van der Waals surface area contributed by atoms with Crippen molar-refractivity contribution in [2.75, 3.05) is 0 Å². The lowest BCUT2D eigenvalue weighted by Gasteiger charge is -2.27. The van der Waals surface area contributed by atoms with E-state index in [-0.39, 0.29) is 5.03 Å². The van der Waals surface area contributed by atoms with Gasteiger partial charge in [-0.15, -0.1) is 0 Å². The molecule has 0 aromatic carbocycles. The molecule has 0 fully saturated rings. The van der Waals surface area contributed by atoms with Gasteiger partial charge in [-0.3, -0.25) is 9.11 Å². The molecule has 92 valence electrons. The monoisotopic (exact) mass is 308 g/mol. The highest BCUT2D eigenvalue weighted by molar-refractivity contribution is 7.92. The van der Waals surface area contributed by atoms with Gasteiger partial charge in [0, 0.05) is 5.03 Å². The van der Waals surface area contributed by atoms with E-state index in [9.17, 15) is 16.8 Å². The van der Waals surface area contributed by atoms with Gasteiger partial charge in [0.25, 0.3) is 20.2 Å². The van der Waals surface area contributed by atoms with Crippen molar-refractivity contribution in [2.24, 2.45) is 0 Å². The quantitative estimate of drug-likeness (QED) is 0.576. The van der Waals surface area contributed by atoms with Crippen LogP contribution in [0.1, 0.15) is 0 Å². The molecule has 16 heavy (non-hydrogen) atoms. The zero-order valence-corrected chi connectivity index (χ0v) is 10.6. The molecule has 2 N–H and O–H groups in total. The van der Waals surface area contributed by atoms with Crippen molar-refractivity contribution in [1.29, 1.82) is 0 Å². The maximum absolute atomic E-state index is 11.0. The topological polar surface area (TPSA) is 109 Å². The van der Waals surface area contributed by atoms with Crippen LogP contribution in [0.3, 0.4) is 0 Å². The van der Waals surface area contributed by atoms with Gasteiger partial charge in [-0.25, -0.2) is 0 Å². The molecule has 6 nitrogen and oxygen atoms in total. The number of allylic oxidation sites excluding steroid dienone is 2. The molecule has 0 amide bonds. The van der Waals surface area contributed by atoms with E-state index in [0.717, 1.165) is 12.2 Å². The van der Waals surface area contributed by atoms with Gasteiger partial charge in [-0.05, 0) is 12.2 Å². The minimum absolute atomic E-state index is 0.174. The molecular formula is C6H6Cl2O6S2. The Labute approximate surface area is 102 Å². The minimum Gasteiger partial charge on any atom is -0.285 e. The first-order chi connectivity index (χ1) is 6.98. The fourth-order valence-electron chi connectivity index (χ4n) is 1.15. The Balaban J connectivity index is 3.50. The molecule has 2 atom stereocenters. The van der Waals surface area contributed by atoms with Crippen LogP contribution in [0.25, 0.3) is 0 Å². The van der Waals surface area contributed by atoms with Crippen molar-refractivity contribution in [3.05, 3.63) is 23.3 Å². The Morgan fingerprint density at radius 3 is 2.12 bits per heavy atom. The number of alkyl halides is 1. The smallest absolute Gasteiger partial charge is 0.285 e. The van der Waals surface area contributed by atoms with Crippen LogP contribution in [0.4, 0.5) is 0 Å². The molecule has 1 rings (SSSR count). The molecule has 0 bridgehead atoms. The SMILES string of the molecule is O=S(=O)(O)C1C=CC(Cl)=CC1(Cl)S(=O)(=O)O. The Morgan fingerprint density at radius 1 is 1.25 bits per heavy atom. The third-order valence-electron chi connectivity index (χ3n) is 1.87. The summed E-state index contributed by atoms with van der Waals surface area (Å²) >= 11 is 11.0. The summed E-state index contributed by atoms with van der Waals surface area (Å²) in [5, 5.41) is -2.20. The lowest BCUT2D eigenvalue weighted by molar-refractivity contribution is 0.449. The van der Waals surface area contributed by atoms with E-state index in [0.29, 0.717) is 6.08 Å². The molecule has 2 unspecified atom stereocenters. The molecule has 1 aliphatic rings. The van der Waals surface area contributed by atoms with E-state index < -0.39 is 29.7 Å². The molecule has 0 saturated carbocycles. The number of halogens is 2. The molecule has 0 aromatic rings. The van der Waals surface area contributed by atoms with Crippen molar-refractivity contribution in [3.8, 4) is 0 Å². The van der Waals surface area contributed by atoms with Crippen LogP contribution >= 0.6 is 23.2 Å². The van der Waals surface area contributed by atoms with Crippen LogP contribution in [0, 0.1) is 0 Å². The molecule has 1 aliphatic carbocycles. The zero-order valence-electron chi connectivity index (χ0n) is 7.41. The molecule has 0 heterocycles. The Hall–Kier alpha value is -0.120. The number of hydrogen-bond acceptors (Lipinski definition) is 4. The van der Waals surface area contributed by atoms with Gasteiger partial charge >= 0.3 is 0 Å². The lowest BCUT2D eigenvalue weighted by Crippen LogP contribution is -2.46. The first-order valence-corrected chi connectivity index (χ1v) is 7.37. The predicted octanol–water partition coefficient (Wildman–Crippen LogP) is 0.758. The summed E-state index contributed by atoms with van der Waals surface area (Å²) in [5.41, 5.74) is 0. The normalized spacial score (nSPS) is 31.2. The number of hydrogen-bond donors (Lipinski definition) is 2. The van der Waals surface area contributed by atoms with Crippen molar-refractivity contribution in [2.45, 2.75) is 9.46 Å². The molecule has 0 saturated heterocycles. The van der Waals surface area contributed by atoms with Crippen molar-refractivity contribution in [1.82, 2.24) is 0 Å². The lowest BCUT2D eigenvalue weighted by atomic mass is 10.2. The van der Waals surface area contributed by atoms with Crippen molar-refractivity contribution in [3.63, 3.8) is 0 Å². The minimum atomic E-state index is -4.98. The summed E-state index contributed by atoms with van der Waals surface area (Å²) in [4.78, 5) is 0. The van der Waals surface area contributed by atoms with Gasteiger partial charge in [-0.2, -0.15) is 16.8 Å². The van der Waals surface area contributed by atoms with E-state index in [2.05, 4.69) is 0 Å². The van der Waals surface area contributed by atoms with E-state index in [1.54, 1.807) is 0 Å². The highest BCUT2D eigenvalue weighted by Gasteiger charge is 2.53. The summed E-state index contributed by atoms with van der Waals surface area (Å²) in [7, 11) is -9.78. The van der Waals surface area contributed by atoms with Crippen LogP contribution in [0.15, 0.2) is 23.3 Å². The van der Waals surface area contributed by atoms with Gasteiger partial charge in [-0.1, -0.05) is 29.3 Å². The summed E-state index contributed by atoms with van der Waals surface area (Å²) in [5.74, 6) is 0. The molecule has 0 aliphatic heterocycles. The Morgan fingerprint density at radius 2 is 1.75 bits per heavy atom. The summed E-state index contributed by atoms with van der Waals surface area (Å²) < 4.78 is 58.9. The first kappa shape index (κ1) is 13.9. The third kappa shape index (κ3) is 2.41. The molecule has 10 heteroatoms. The molecule has 0 aromatic heterocycles.